The maximum atomic E-state index is 13.7. The number of halogens is 2. The summed E-state index contributed by atoms with van der Waals surface area (Å²) in [7, 11) is 1.52. The fourth-order valence-electron chi connectivity index (χ4n) is 2.63. The molecule has 144 valence electrons. The van der Waals surface area contributed by atoms with E-state index >= 15 is 0 Å². The van der Waals surface area contributed by atoms with Gasteiger partial charge in [0.15, 0.2) is 23.1 Å². The fraction of sp³-hybridized carbons (Fsp3) is 0.136. The van der Waals surface area contributed by atoms with Crippen molar-refractivity contribution in [3.8, 4) is 11.5 Å². The van der Waals surface area contributed by atoms with Crippen LogP contribution in [0.15, 0.2) is 66.7 Å². The van der Waals surface area contributed by atoms with Crippen LogP contribution in [0.4, 0.5) is 8.78 Å². The molecule has 4 nitrogen and oxygen atoms in total. The van der Waals surface area contributed by atoms with Gasteiger partial charge in [-0.25, -0.2) is 8.78 Å². The van der Waals surface area contributed by atoms with Gasteiger partial charge in [0.2, 0.25) is 0 Å². The molecule has 28 heavy (non-hydrogen) atoms. The first kappa shape index (κ1) is 19.4. The Kier molecular flexibility index (Phi) is 6.22. The Labute approximate surface area is 161 Å². The van der Waals surface area contributed by atoms with Gasteiger partial charge in [-0.05, 0) is 35.4 Å². The number of amides is 1. The normalized spacial score (nSPS) is 10.4. The summed E-state index contributed by atoms with van der Waals surface area (Å²) in [6.07, 6.45) is 0. The van der Waals surface area contributed by atoms with Crippen LogP contribution in [0.1, 0.15) is 21.5 Å². The lowest BCUT2D eigenvalue weighted by Crippen LogP contribution is -2.24. The molecule has 0 saturated carbocycles. The minimum absolute atomic E-state index is 0.129. The van der Waals surface area contributed by atoms with E-state index in [9.17, 15) is 13.6 Å². The van der Waals surface area contributed by atoms with Crippen molar-refractivity contribution >= 4 is 5.91 Å². The second-order valence-electron chi connectivity index (χ2n) is 6.04. The van der Waals surface area contributed by atoms with E-state index in [4.69, 9.17) is 9.47 Å². The van der Waals surface area contributed by atoms with Crippen molar-refractivity contribution in [2.24, 2.45) is 0 Å². The number of rotatable bonds is 7. The molecule has 0 aliphatic heterocycles. The number of methoxy groups -OCH3 is 1. The molecule has 0 fully saturated rings. The zero-order chi connectivity index (χ0) is 19.9. The van der Waals surface area contributed by atoms with Crippen molar-refractivity contribution in [1.82, 2.24) is 5.32 Å². The van der Waals surface area contributed by atoms with Crippen LogP contribution >= 0.6 is 0 Å². The summed E-state index contributed by atoms with van der Waals surface area (Å²) in [5, 5.41) is 2.57. The minimum atomic E-state index is -1.16. The Morgan fingerprint density at radius 3 is 2.46 bits per heavy atom. The topological polar surface area (TPSA) is 47.6 Å². The summed E-state index contributed by atoms with van der Waals surface area (Å²) in [6.45, 7) is 0.524. The van der Waals surface area contributed by atoms with Crippen LogP contribution in [-0.2, 0) is 13.2 Å². The number of hydrogen-bond acceptors (Lipinski definition) is 3. The number of carbonyl (C=O) groups excluding carboxylic acids is 1. The molecule has 0 aromatic heterocycles. The average Bonchev–Trinajstić information content (AvgIpc) is 2.73. The molecule has 0 saturated heterocycles. The predicted molar refractivity (Wildman–Crippen MR) is 101 cm³/mol. The molecule has 3 aromatic carbocycles. The smallest absolute Gasteiger partial charge is 0.254 e. The Morgan fingerprint density at radius 2 is 1.71 bits per heavy atom. The summed E-state index contributed by atoms with van der Waals surface area (Å²) in [4.78, 5) is 12.1. The van der Waals surface area contributed by atoms with Gasteiger partial charge in [-0.2, -0.15) is 0 Å². The quantitative estimate of drug-likeness (QED) is 0.654. The van der Waals surface area contributed by atoms with Crippen molar-refractivity contribution in [2.75, 3.05) is 7.11 Å². The van der Waals surface area contributed by atoms with Crippen LogP contribution in [0.3, 0.4) is 0 Å². The molecule has 0 aliphatic carbocycles. The van der Waals surface area contributed by atoms with Crippen LogP contribution in [-0.4, -0.2) is 13.0 Å². The maximum Gasteiger partial charge on any atom is 0.254 e. The molecule has 3 rings (SSSR count). The Morgan fingerprint density at radius 1 is 0.929 bits per heavy atom. The van der Waals surface area contributed by atoms with E-state index in [0.717, 1.165) is 17.2 Å². The van der Waals surface area contributed by atoms with E-state index in [1.54, 1.807) is 18.2 Å². The predicted octanol–water partition coefficient (Wildman–Crippen LogP) is 4.48. The lowest BCUT2D eigenvalue weighted by atomic mass is 10.1. The third-order valence-corrected chi connectivity index (χ3v) is 4.11. The standard InChI is InChI=1S/C22H19F2NO3/c1-27-20-12-16(10-11-19(20)28-14-15-6-3-2-4-7-15)13-25-22(26)17-8-5-9-18(23)21(17)24/h2-12H,13-14H2,1H3,(H,25,26). The lowest BCUT2D eigenvalue weighted by Gasteiger charge is -2.13. The van der Waals surface area contributed by atoms with Crippen molar-refractivity contribution in [3.05, 3.63) is 95.1 Å². The molecule has 0 atom stereocenters. The van der Waals surface area contributed by atoms with Crippen LogP contribution in [0.25, 0.3) is 0 Å². The van der Waals surface area contributed by atoms with Crippen LogP contribution < -0.4 is 14.8 Å². The van der Waals surface area contributed by atoms with E-state index in [2.05, 4.69) is 5.32 Å². The van der Waals surface area contributed by atoms with E-state index in [-0.39, 0.29) is 12.1 Å². The lowest BCUT2D eigenvalue weighted by molar-refractivity contribution is 0.0945. The van der Waals surface area contributed by atoms with Crippen molar-refractivity contribution in [1.29, 1.82) is 0 Å². The molecule has 0 bridgehead atoms. The summed E-state index contributed by atoms with van der Waals surface area (Å²) in [5.41, 5.74) is 1.42. The molecule has 0 radical (unpaired) electrons. The molecular formula is C22H19F2NO3. The SMILES string of the molecule is COc1cc(CNC(=O)c2cccc(F)c2F)ccc1OCc1ccccc1. The highest BCUT2D eigenvalue weighted by atomic mass is 19.2. The van der Waals surface area contributed by atoms with Gasteiger partial charge in [0.05, 0.1) is 12.7 Å². The number of benzene rings is 3. The Bertz CT molecular complexity index is 961. The minimum Gasteiger partial charge on any atom is -0.493 e. The van der Waals surface area contributed by atoms with Gasteiger partial charge >= 0.3 is 0 Å². The highest BCUT2D eigenvalue weighted by molar-refractivity contribution is 5.94. The molecule has 0 heterocycles. The van der Waals surface area contributed by atoms with Crippen molar-refractivity contribution in [2.45, 2.75) is 13.2 Å². The second kappa shape index (κ2) is 8.99. The first-order chi connectivity index (χ1) is 13.6. The van der Waals surface area contributed by atoms with Crippen LogP contribution in [0.5, 0.6) is 11.5 Å². The van der Waals surface area contributed by atoms with Crippen molar-refractivity contribution < 1.29 is 23.0 Å². The van der Waals surface area contributed by atoms with E-state index in [0.29, 0.717) is 18.1 Å². The van der Waals surface area contributed by atoms with E-state index in [1.807, 2.05) is 30.3 Å². The Hall–Kier alpha value is -3.41. The van der Waals surface area contributed by atoms with E-state index in [1.165, 1.54) is 19.2 Å². The van der Waals surface area contributed by atoms with Gasteiger partial charge in [0.1, 0.15) is 6.61 Å². The summed E-state index contributed by atoms with van der Waals surface area (Å²) in [6, 6.07) is 18.4. The average molecular weight is 383 g/mol. The number of hydrogen-bond donors (Lipinski definition) is 1. The zero-order valence-corrected chi connectivity index (χ0v) is 15.2. The van der Waals surface area contributed by atoms with Gasteiger partial charge in [-0.1, -0.05) is 42.5 Å². The number of ether oxygens (including phenoxy) is 2. The van der Waals surface area contributed by atoms with Crippen LogP contribution in [0.2, 0.25) is 0 Å². The summed E-state index contributed by atoms with van der Waals surface area (Å²) >= 11 is 0. The van der Waals surface area contributed by atoms with Gasteiger partial charge in [-0.3, -0.25) is 4.79 Å². The van der Waals surface area contributed by atoms with Gasteiger partial charge in [-0.15, -0.1) is 0 Å². The molecule has 0 spiro atoms. The monoisotopic (exact) mass is 383 g/mol. The van der Waals surface area contributed by atoms with Gasteiger partial charge in [0.25, 0.3) is 5.91 Å². The first-order valence-electron chi connectivity index (χ1n) is 8.64. The Balaban J connectivity index is 1.65. The largest absolute Gasteiger partial charge is 0.493 e. The molecular weight excluding hydrogens is 364 g/mol. The van der Waals surface area contributed by atoms with Crippen molar-refractivity contribution in [3.63, 3.8) is 0 Å². The highest BCUT2D eigenvalue weighted by Gasteiger charge is 2.15. The molecule has 0 unspecified atom stereocenters. The molecule has 6 heteroatoms. The van der Waals surface area contributed by atoms with Gasteiger partial charge in [0, 0.05) is 6.54 Å². The molecule has 1 amide bonds. The number of carbonyl (C=O) groups is 1. The maximum absolute atomic E-state index is 13.7. The van der Waals surface area contributed by atoms with Crippen LogP contribution in [0, 0.1) is 11.6 Å². The fourth-order valence-corrected chi connectivity index (χ4v) is 2.63. The second-order valence-corrected chi connectivity index (χ2v) is 6.04. The summed E-state index contributed by atoms with van der Waals surface area (Å²) in [5.74, 6) is -1.84. The van der Waals surface area contributed by atoms with Gasteiger partial charge < -0.3 is 14.8 Å². The number of nitrogens with one attached hydrogen (secondary N) is 1. The molecule has 3 aromatic rings. The highest BCUT2D eigenvalue weighted by Crippen LogP contribution is 2.29. The summed E-state index contributed by atoms with van der Waals surface area (Å²) < 4.78 is 38.1. The third kappa shape index (κ3) is 4.65. The molecule has 1 N–H and O–H groups in total. The zero-order valence-electron chi connectivity index (χ0n) is 15.2. The van der Waals surface area contributed by atoms with E-state index < -0.39 is 17.5 Å². The molecule has 0 aliphatic rings. The third-order valence-electron chi connectivity index (χ3n) is 4.11. The first-order valence-corrected chi connectivity index (χ1v) is 8.64.